The van der Waals surface area contributed by atoms with Gasteiger partial charge in [0.2, 0.25) is 0 Å². The van der Waals surface area contributed by atoms with Crippen molar-refractivity contribution in [3.05, 3.63) is 88.2 Å². The van der Waals surface area contributed by atoms with E-state index in [-0.39, 0.29) is 17.2 Å². The van der Waals surface area contributed by atoms with Crippen molar-refractivity contribution >= 4 is 17.3 Å². The van der Waals surface area contributed by atoms with Gasteiger partial charge in [0.1, 0.15) is 11.5 Å². The van der Waals surface area contributed by atoms with Gasteiger partial charge in [-0.1, -0.05) is 12.1 Å². The number of hydrogen-bond donors (Lipinski definition) is 1. The first kappa shape index (κ1) is 16.3. The minimum atomic E-state index is -0.459. The van der Waals surface area contributed by atoms with Crippen molar-refractivity contribution in [1.82, 2.24) is 9.55 Å². The molecule has 0 aliphatic heterocycles. The van der Waals surface area contributed by atoms with Crippen molar-refractivity contribution < 1.29 is 14.1 Å². The molecule has 2 aromatic carbocycles. The van der Waals surface area contributed by atoms with Gasteiger partial charge in [-0.25, -0.2) is 9.37 Å². The fraction of sp³-hybridized carbons (Fsp3) is 0.0588. The fourth-order valence-corrected chi connectivity index (χ4v) is 2.23. The summed E-state index contributed by atoms with van der Waals surface area (Å²) >= 11 is 0. The number of halogens is 1. The molecule has 0 fully saturated rings. The second-order valence-corrected chi connectivity index (χ2v) is 5.32. The molecule has 25 heavy (non-hydrogen) atoms. The van der Waals surface area contributed by atoms with Crippen LogP contribution in [-0.4, -0.2) is 20.4 Å². The van der Waals surface area contributed by atoms with Crippen LogP contribution in [0.3, 0.4) is 0 Å². The molecule has 1 amide bonds. The molecular formula is C17H13FN4O3. The van der Waals surface area contributed by atoms with Gasteiger partial charge in [0, 0.05) is 30.6 Å². The zero-order chi connectivity index (χ0) is 17.8. The number of carbonyl (C=O) groups is 1. The first-order chi connectivity index (χ1) is 12.0. The highest BCUT2D eigenvalue weighted by molar-refractivity contribution is 6.02. The van der Waals surface area contributed by atoms with Crippen LogP contribution in [0.15, 0.2) is 61.1 Å². The molecule has 3 aromatic rings. The molecule has 0 atom stereocenters. The molecule has 0 spiro atoms. The number of aromatic nitrogens is 2. The van der Waals surface area contributed by atoms with E-state index in [0.717, 1.165) is 5.56 Å². The van der Waals surface area contributed by atoms with Gasteiger partial charge >= 0.3 is 0 Å². The number of benzene rings is 2. The van der Waals surface area contributed by atoms with Gasteiger partial charge in [-0.15, -0.1) is 0 Å². The molecule has 8 heteroatoms. The topological polar surface area (TPSA) is 90.1 Å². The van der Waals surface area contributed by atoms with Gasteiger partial charge in [0.25, 0.3) is 11.6 Å². The predicted octanol–water partition coefficient (Wildman–Crippen LogP) is 3.23. The Kier molecular flexibility index (Phi) is 4.51. The van der Waals surface area contributed by atoms with Gasteiger partial charge in [0.05, 0.1) is 11.3 Å². The van der Waals surface area contributed by atoms with Crippen LogP contribution in [0.5, 0.6) is 0 Å². The average molecular weight is 340 g/mol. The van der Waals surface area contributed by atoms with Crippen LogP contribution in [-0.2, 0) is 6.54 Å². The number of imidazole rings is 1. The highest BCUT2D eigenvalue weighted by Gasteiger charge is 2.10. The average Bonchev–Trinajstić information content (AvgIpc) is 3.06. The normalized spacial score (nSPS) is 10.4. The van der Waals surface area contributed by atoms with E-state index in [1.54, 1.807) is 22.9 Å². The van der Waals surface area contributed by atoms with Crippen LogP contribution in [0, 0.1) is 15.9 Å². The molecular weight excluding hydrogens is 327 g/mol. The third kappa shape index (κ3) is 4.05. The molecule has 1 N–H and O–H groups in total. The lowest BCUT2D eigenvalue weighted by Gasteiger charge is -2.03. The molecule has 0 saturated heterocycles. The van der Waals surface area contributed by atoms with Crippen molar-refractivity contribution in [2.45, 2.75) is 6.54 Å². The summed E-state index contributed by atoms with van der Waals surface area (Å²) in [6, 6.07) is 11.6. The smallest absolute Gasteiger partial charge is 0.275 e. The summed E-state index contributed by atoms with van der Waals surface area (Å²) in [5.74, 6) is -0.792. The summed E-state index contributed by atoms with van der Waals surface area (Å²) < 4.78 is 14.6. The monoisotopic (exact) mass is 340 g/mol. The lowest BCUT2D eigenvalue weighted by molar-refractivity contribution is -0.384. The van der Waals surface area contributed by atoms with Crippen LogP contribution in [0.25, 0.3) is 0 Å². The van der Waals surface area contributed by atoms with E-state index >= 15 is 0 Å². The number of nitrogens with zero attached hydrogens (tertiary/aromatic N) is 3. The van der Waals surface area contributed by atoms with E-state index in [2.05, 4.69) is 10.3 Å². The summed E-state index contributed by atoms with van der Waals surface area (Å²) in [5, 5.41) is 13.3. The Hall–Kier alpha value is -3.55. The number of nitro groups is 1. The Bertz CT molecular complexity index is 904. The van der Waals surface area contributed by atoms with E-state index in [1.165, 1.54) is 42.7 Å². The number of rotatable bonds is 5. The third-order valence-electron chi connectivity index (χ3n) is 3.48. The molecule has 1 heterocycles. The Balaban J connectivity index is 1.66. The van der Waals surface area contributed by atoms with Crippen molar-refractivity contribution in [2.75, 3.05) is 5.32 Å². The standard InChI is InChI=1S/C17H13FN4O3/c18-13-3-5-14(6-4-13)20-17(23)16-10-21(11-19-16)9-12-1-7-15(8-2-12)22(24)25/h1-8,10-11H,9H2,(H,20,23). The van der Waals surface area contributed by atoms with Gasteiger partial charge < -0.3 is 9.88 Å². The van der Waals surface area contributed by atoms with E-state index in [9.17, 15) is 19.3 Å². The Morgan fingerprint density at radius 3 is 2.48 bits per heavy atom. The van der Waals surface area contributed by atoms with E-state index in [1.807, 2.05) is 0 Å². The highest BCUT2D eigenvalue weighted by Crippen LogP contribution is 2.14. The Morgan fingerprint density at radius 1 is 1.16 bits per heavy atom. The molecule has 0 radical (unpaired) electrons. The zero-order valence-corrected chi connectivity index (χ0v) is 12.9. The Morgan fingerprint density at radius 2 is 1.84 bits per heavy atom. The molecule has 1 aromatic heterocycles. The van der Waals surface area contributed by atoms with E-state index < -0.39 is 10.8 Å². The largest absolute Gasteiger partial charge is 0.332 e. The van der Waals surface area contributed by atoms with Crippen molar-refractivity contribution in [3.63, 3.8) is 0 Å². The maximum absolute atomic E-state index is 12.9. The summed E-state index contributed by atoms with van der Waals surface area (Å²) in [6.45, 7) is 0.425. The highest BCUT2D eigenvalue weighted by atomic mass is 19.1. The van der Waals surface area contributed by atoms with Crippen LogP contribution in [0.2, 0.25) is 0 Å². The van der Waals surface area contributed by atoms with Gasteiger partial charge in [-0.2, -0.15) is 0 Å². The summed E-state index contributed by atoms with van der Waals surface area (Å²) in [7, 11) is 0. The number of nitrogens with one attached hydrogen (secondary N) is 1. The van der Waals surface area contributed by atoms with E-state index in [4.69, 9.17) is 0 Å². The number of non-ortho nitro benzene ring substituents is 1. The minimum Gasteiger partial charge on any atom is -0.332 e. The predicted molar refractivity (Wildman–Crippen MR) is 88.8 cm³/mol. The molecule has 7 nitrogen and oxygen atoms in total. The van der Waals surface area contributed by atoms with Crippen LogP contribution in [0.1, 0.15) is 16.1 Å². The molecule has 0 aliphatic carbocycles. The van der Waals surface area contributed by atoms with Crippen molar-refractivity contribution in [3.8, 4) is 0 Å². The second-order valence-electron chi connectivity index (χ2n) is 5.32. The first-order valence-corrected chi connectivity index (χ1v) is 7.33. The first-order valence-electron chi connectivity index (χ1n) is 7.33. The molecule has 0 saturated carbocycles. The zero-order valence-electron chi connectivity index (χ0n) is 12.9. The van der Waals surface area contributed by atoms with Crippen LogP contribution >= 0.6 is 0 Å². The molecule has 126 valence electrons. The van der Waals surface area contributed by atoms with Gasteiger partial charge in [-0.05, 0) is 29.8 Å². The number of hydrogen-bond acceptors (Lipinski definition) is 4. The number of amides is 1. The van der Waals surface area contributed by atoms with E-state index in [0.29, 0.717) is 12.2 Å². The second kappa shape index (κ2) is 6.91. The van der Waals surface area contributed by atoms with Crippen LogP contribution < -0.4 is 5.32 Å². The Labute approximate surface area is 141 Å². The molecule has 3 rings (SSSR count). The third-order valence-corrected chi connectivity index (χ3v) is 3.48. The maximum Gasteiger partial charge on any atom is 0.275 e. The van der Waals surface area contributed by atoms with Crippen molar-refractivity contribution in [1.29, 1.82) is 0 Å². The molecule has 0 unspecified atom stereocenters. The summed E-state index contributed by atoms with van der Waals surface area (Å²) in [5.41, 5.74) is 1.55. The number of anilines is 1. The quantitative estimate of drug-likeness (QED) is 0.570. The van der Waals surface area contributed by atoms with Crippen LogP contribution in [0.4, 0.5) is 15.8 Å². The maximum atomic E-state index is 12.9. The number of carbonyl (C=O) groups excluding carboxylic acids is 1. The van der Waals surface area contributed by atoms with Crippen molar-refractivity contribution in [2.24, 2.45) is 0 Å². The fourth-order valence-electron chi connectivity index (χ4n) is 2.23. The molecule has 0 bridgehead atoms. The van der Waals surface area contributed by atoms with Gasteiger partial charge in [-0.3, -0.25) is 14.9 Å². The summed E-state index contributed by atoms with van der Waals surface area (Å²) in [6.07, 6.45) is 3.07. The molecule has 0 aliphatic rings. The number of nitro benzene ring substituents is 1. The lowest BCUT2D eigenvalue weighted by Crippen LogP contribution is -2.12. The summed E-state index contributed by atoms with van der Waals surface area (Å²) in [4.78, 5) is 26.4. The minimum absolute atomic E-state index is 0.0220. The lowest BCUT2D eigenvalue weighted by atomic mass is 10.2. The SMILES string of the molecule is O=C(Nc1ccc(F)cc1)c1cn(Cc2ccc([N+](=O)[O-])cc2)cn1. The van der Waals surface area contributed by atoms with Gasteiger partial charge in [0.15, 0.2) is 0 Å².